The van der Waals surface area contributed by atoms with E-state index in [4.69, 9.17) is 4.98 Å². The molecule has 2 aliphatic rings. The molecule has 0 radical (unpaired) electrons. The third kappa shape index (κ3) is 4.48. The zero-order valence-electron chi connectivity index (χ0n) is 12.0. The van der Waals surface area contributed by atoms with Crippen LogP contribution in [-0.4, -0.2) is 40.5 Å². The van der Waals surface area contributed by atoms with Crippen molar-refractivity contribution < 1.29 is 4.79 Å². The normalized spacial score (nSPS) is 20.1. The maximum absolute atomic E-state index is 12.2. The van der Waals surface area contributed by atoms with Crippen LogP contribution in [0.5, 0.6) is 0 Å². The van der Waals surface area contributed by atoms with Gasteiger partial charge in [-0.3, -0.25) is 10.1 Å². The lowest BCUT2D eigenvalue weighted by atomic mass is 10.0. The number of thiazole rings is 1. The first-order valence-electron chi connectivity index (χ1n) is 6.77. The van der Waals surface area contributed by atoms with Crippen LogP contribution in [0.2, 0.25) is 0 Å². The summed E-state index contributed by atoms with van der Waals surface area (Å²) >= 11 is 3.58. The topological polar surface area (TPSA) is 45.2 Å². The van der Waals surface area contributed by atoms with E-state index in [9.17, 15) is 4.79 Å². The monoisotopic (exact) mass is 369 g/mol. The van der Waals surface area contributed by atoms with E-state index in [1.807, 2.05) is 11.9 Å². The van der Waals surface area contributed by atoms with Gasteiger partial charge in [-0.1, -0.05) is 0 Å². The average Bonchev–Trinajstić information content (AvgIpc) is 3.06. The van der Waals surface area contributed by atoms with E-state index in [1.54, 1.807) is 23.1 Å². The minimum Gasteiger partial charge on any atom is -0.338 e. The minimum atomic E-state index is -0.00964. The number of carbonyl (C=O) groups is 1. The van der Waals surface area contributed by atoms with Crippen LogP contribution >= 0.6 is 47.9 Å². The van der Waals surface area contributed by atoms with Crippen LogP contribution in [0.15, 0.2) is 0 Å². The van der Waals surface area contributed by atoms with Crippen molar-refractivity contribution >= 4 is 53.8 Å². The summed E-state index contributed by atoms with van der Waals surface area (Å²) in [6.45, 7) is 0.652. The molecule has 1 aromatic heterocycles. The largest absolute Gasteiger partial charge is 0.338 e. The second-order valence-corrected chi connectivity index (χ2v) is 7.35. The summed E-state index contributed by atoms with van der Waals surface area (Å²) in [5, 5.41) is 4.32. The molecule has 3 rings (SSSR count). The van der Waals surface area contributed by atoms with Gasteiger partial charge in [0.15, 0.2) is 0 Å². The molecule has 1 atom stereocenters. The highest BCUT2D eigenvalue weighted by atomic mass is 35.5. The van der Waals surface area contributed by atoms with Gasteiger partial charge in [0.05, 0.1) is 18.3 Å². The van der Waals surface area contributed by atoms with Gasteiger partial charge in [-0.2, -0.15) is 0 Å². The molecule has 1 N–H and O–H groups in total. The second-order valence-electron chi connectivity index (χ2n) is 5.15. The van der Waals surface area contributed by atoms with Gasteiger partial charge in [0.1, 0.15) is 5.01 Å². The van der Waals surface area contributed by atoms with Crippen LogP contribution < -0.4 is 5.32 Å². The third-order valence-corrected chi connectivity index (χ3v) is 5.74. The van der Waals surface area contributed by atoms with Crippen molar-refractivity contribution in [2.75, 3.05) is 18.7 Å². The Balaban J connectivity index is 0.00000110. The zero-order chi connectivity index (χ0) is 13.2. The van der Waals surface area contributed by atoms with Crippen LogP contribution in [0, 0.1) is 0 Å². The van der Waals surface area contributed by atoms with Gasteiger partial charge in [-0.25, -0.2) is 4.98 Å². The number of fused-ring (bicyclic) bond motifs is 1. The first-order valence-corrected chi connectivity index (χ1v) is 8.74. The van der Waals surface area contributed by atoms with Crippen molar-refractivity contribution in [3.05, 3.63) is 15.6 Å². The highest BCUT2D eigenvalue weighted by molar-refractivity contribution is 7.99. The summed E-state index contributed by atoms with van der Waals surface area (Å²) in [5.41, 5.74) is 1.28. The van der Waals surface area contributed by atoms with Gasteiger partial charge in [0, 0.05) is 23.6 Å². The van der Waals surface area contributed by atoms with Gasteiger partial charge in [-0.15, -0.1) is 47.9 Å². The number of carbonyl (C=O) groups excluding carboxylic acids is 1. The highest BCUT2D eigenvalue weighted by Crippen LogP contribution is 2.27. The number of likely N-dealkylation sites (N-methyl/N-ethyl adjacent to an activating group) is 1. The first kappa shape index (κ1) is 19.0. The van der Waals surface area contributed by atoms with Crippen molar-refractivity contribution in [3.8, 4) is 0 Å². The van der Waals surface area contributed by atoms with Gasteiger partial charge < -0.3 is 4.90 Å². The summed E-state index contributed by atoms with van der Waals surface area (Å²) in [7, 11) is 1.88. The van der Waals surface area contributed by atoms with Gasteiger partial charge in [-0.05, 0) is 25.7 Å². The molecule has 0 aromatic carbocycles. The fourth-order valence-corrected chi connectivity index (χ4v) is 4.72. The Morgan fingerprint density at radius 3 is 2.81 bits per heavy atom. The molecule has 1 amide bonds. The molecular weight excluding hydrogens is 349 g/mol. The first-order chi connectivity index (χ1) is 9.24. The average molecular weight is 370 g/mol. The van der Waals surface area contributed by atoms with Gasteiger partial charge >= 0.3 is 0 Å². The smallest absolute Gasteiger partial charge is 0.240 e. The molecule has 1 aromatic rings. The molecule has 2 heterocycles. The van der Waals surface area contributed by atoms with Crippen molar-refractivity contribution in [1.82, 2.24) is 15.2 Å². The molecule has 120 valence electrons. The zero-order valence-corrected chi connectivity index (χ0v) is 15.2. The second kappa shape index (κ2) is 8.58. The van der Waals surface area contributed by atoms with Crippen LogP contribution in [-0.2, 0) is 24.2 Å². The highest BCUT2D eigenvalue weighted by Gasteiger charge is 2.26. The van der Waals surface area contributed by atoms with Crippen molar-refractivity contribution in [1.29, 1.82) is 0 Å². The lowest BCUT2D eigenvalue weighted by molar-refractivity contribution is -0.131. The van der Waals surface area contributed by atoms with Gasteiger partial charge in [0.25, 0.3) is 0 Å². The fraction of sp³-hybridized carbons (Fsp3) is 0.692. The van der Waals surface area contributed by atoms with Crippen LogP contribution in [0.1, 0.15) is 28.4 Å². The van der Waals surface area contributed by atoms with Crippen LogP contribution in [0.4, 0.5) is 0 Å². The van der Waals surface area contributed by atoms with E-state index in [0.29, 0.717) is 6.54 Å². The quantitative estimate of drug-likeness (QED) is 0.888. The molecule has 1 fully saturated rings. The third-order valence-electron chi connectivity index (χ3n) is 3.65. The number of aryl methyl sites for hydroxylation is 2. The molecular formula is C13H21Cl2N3OS2. The molecule has 1 aliphatic carbocycles. The Hall–Kier alpha value is -0.0100. The number of halogens is 2. The van der Waals surface area contributed by atoms with E-state index in [-0.39, 0.29) is 36.8 Å². The summed E-state index contributed by atoms with van der Waals surface area (Å²) in [5.74, 6) is 1.96. The molecule has 21 heavy (non-hydrogen) atoms. The maximum Gasteiger partial charge on any atom is 0.240 e. The van der Waals surface area contributed by atoms with Crippen LogP contribution in [0.3, 0.4) is 0 Å². The van der Waals surface area contributed by atoms with Crippen molar-refractivity contribution in [3.63, 3.8) is 0 Å². The standard InChI is InChI=1S/C13H19N3OS2.2ClH/c1-16(13(17)10-7-18-8-14-10)6-12-15-9-4-2-3-5-11(9)19-12;;/h10,14H,2-8H2,1H3;2*1H. The van der Waals surface area contributed by atoms with Crippen LogP contribution in [0.25, 0.3) is 0 Å². The minimum absolute atomic E-state index is 0. The summed E-state index contributed by atoms with van der Waals surface area (Å²) in [6, 6.07) is -0.00964. The summed E-state index contributed by atoms with van der Waals surface area (Å²) in [4.78, 5) is 20.2. The molecule has 4 nitrogen and oxygen atoms in total. The number of nitrogens with one attached hydrogen (secondary N) is 1. The molecule has 8 heteroatoms. The predicted molar refractivity (Wildman–Crippen MR) is 94.0 cm³/mol. The Labute approximate surface area is 146 Å². The molecule has 1 saturated heterocycles. The molecule has 0 saturated carbocycles. The molecule has 0 bridgehead atoms. The number of nitrogens with zero attached hydrogens (tertiary/aromatic N) is 2. The summed E-state index contributed by atoms with van der Waals surface area (Å²) in [6.07, 6.45) is 4.83. The summed E-state index contributed by atoms with van der Waals surface area (Å²) < 4.78 is 0. The maximum atomic E-state index is 12.2. The lowest BCUT2D eigenvalue weighted by Crippen LogP contribution is -2.42. The van der Waals surface area contributed by atoms with E-state index >= 15 is 0 Å². The van der Waals surface area contributed by atoms with E-state index in [1.165, 1.54) is 29.8 Å². The molecule has 0 spiro atoms. The van der Waals surface area contributed by atoms with Gasteiger partial charge in [0.2, 0.25) is 5.91 Å². The van der Waals surface area contributed by atoms with Crippen molar-refractivity contribution in [2.45, 2.75) is 38.3 Å². The fourth-order valence-electron chi connectivity index (χ4n) is 2.57. The number of amides is 1. The number of hydrogen-bond acceptors (Lipinski definition) is 5. The number of rotatable bonds is 3. The predicted octanol–water partition coefficient (Wildman–Crippen LogP) is 2.49. The number of hydrogen-bond donors (Lipinski definition) is 1. The number of thioether (sulfide) groups is 1. The van der Waals surface area contributed by atoms with Crippen molar-refractivity contribution in [2.24, 2.45) is 0 Å². The number of aromatic nitrogens is 1. The lowest BCUT2D eigenvalue weighted by Gasteiger charge is -2.19. The molecule has 1 aliphatic heterocycles. The van der Waals surface area contributed by atoms with E-state index in [2.05, 4.69) is 5.32 Å². The SMILES string of the molecule is CN(Cc1nc2c(s1)CCCC2)C(=O)C1CSCN1.Cl.Cl. The van der Waals surface area contributed by atoms with E-state index in [0.717, 1.165) is 23.1 Å². The van der Waals surface area contributed by atoms with E-state index < -0.39 is 0 Å². The molecule has 1 unspecified atom stereocenters. The Morgan fingerprint density at radius 1 is 1.38 bits per heavy atom. The Kier molecular flexibility index (Phi) is 7.78. The Morgan fingerprint density at radius 2 is 2.14 bits per heavy atom. The Bertz CT molecular complexity index is 454.